The second-order valence-corrected chi connectivity index (χ2v) is 4.27. The highest BCUT2D eigenvalue weighted by Crippen LogP contribution is 2.38. The van der Waals surface area contributed by atoms with Crippen LogP contribution in [0.25, 0.3) is 10.1 Å². The van der Waals surface area contributed by atoms with E-state index in [1.54, 1.807) is 12.1 Å². The van der Waals surface area contributed by atoms with Crippen molar-refractivity contribution >= 4 is 44.7 Å². The molecule has 0 saturated carbocycles. The first-order valence-corrected chi connectivity index (χ1v) is 5.01. The number of nitro groups is 1. The van der Waals surface area contributed by atoms with Crippen LogP contribution in [0.1, 0.15) is 0 Å². The normalized spacial score (nSPS) is 10.6. The summed E-state index contributed by atoms with van der Waals surface area (Å²) >= 11 is 5.30. The van der Waals surface area contributed by atoms with Gasteiger partial charge in [-0.25, -0.2) is 0 Å². The summed E-state index contributed by atoms with van der Waals surface area (Å²) in [6.45, 7) is 0. The van der Waals surface area contributed by atoms with E-state index in [2.05, 4.69) is 12.6 Å². The number of anilines is 1. The number of nitrogen functional groups attached to an aromatic ring is 1. The summed E-state index contributed by atoms with van der Waals surface area (Å²) in [7, 11) is 0. The van der Waals surface area contributed by atoms with Crippen LogP contribution in [0, 0.1) is 10.1 Å². The van der Waals surface area contributed by atoms with Crippen LogP contribution in [0.15, 0.2) is 23.1 Å². The smallest absolute Gasteiger partial charge is 0.325 e. The Morgan fingerprint density at radius 3 is 2.79 bits per heavy atom. The Kier molecular flexibility index (Phi) is 2.09. The van der Waals surface area contributed by atoms with Gasteiger partial charge in [-0.1, -0.05) is 11.3 Å². The molecule has 1 aromatic heterocycles. The summed E-state index contributed by atoms with van der Waals surface area (Å²) in [6, 6.07) is 4.91. The van der Waals surface area contributed by atoms with Crippen molar-refractivity contribution in [3.05, 3.63) is 28.3 Å². The molecule has 0 amide bonds. The minimum Gasteiger partial charge on any atom is -0.398 e. The second kappa shape index (κ2) is 3.14. The minimum atomic E-state index is -0.419. The Morgan fingerprint density at radius 1 is 1.50 bits per heavy atom. The number of thiophene rings is 1. The Morgan fingerprint density at radius 2 is 2.21 bits per heavy atom. The first-order chi connectivity index (χ1) is 6.59. The lowest BCUT2D eigenvalue weighted by Gasteiger charge is -1.96. The van der Waals surface area contributed by atoms with Gasteiger partial charge >= 0.3 is 5.00 Å². The topological polar surface area (TPSA) is 69.2 Å². The fraction of sp³-hybridized carbons (Fsp3) is 0. The van der Waals surface area contributed by atoms with E-state index in [-0.39, 0.29) is 5.00 Å². The van der Waals surface area contributed by atoms with Gasteiger partial charge in [0, 0.05) is 22.0 Å². The van der Waals surface area contributed by atoms with Crippen LogP contribution < -0.4 is 5.73 Å². The summed E-state index contributed by atoms with van der Waals surface area (Å²) in [5.74, 6) is 0. The van der Waals surface area contributed by atoms with Crippen LogP contribution in [0.5, 0.6) is 0 Å². The van der Waals surface area contributed by atoms with E-state index < -0.39 is 4.92 Å². The maximum atomic E-state index is 10.5. The average molecular weight is 226 g/mol. The SMILES string of the molecule is Nc1ccc(S)c2sc([N+](=O)[O-])cc12. The van der Waals surface area contributed by atoms with Gasteiger partial charge in [0.05, 0.1) is 9.62 Å². The van der Waals surface area contributed by atoms with Crippen molar-refractivity contribution in [1.82, 2.24) is 0 Å². The van der Waals surface area contributed by atoms with Crippen LogP contribution in [-0.2, 0) is 0 Å². The third-order valence-electron chi connectivity index (χ3n) is 1.86. The van der Waals surface area contributed by atoms with Crippen molar-refractivity contribution in [2.24, 2.45) is 0 Å². The molecular weight excluding hydrogens is 220 g/mol. The van der Waals surface area contributed by atoms with E-state index in [0.29, 0.717) is 16.0 Å². The Bertz CT molecular complexity index is 482. The van der Waals surface area contributed by atoms with Gasteiger partial charge in [0.25, 0.3) is 0 Å². The Hall–Kier alpha value is -1.27. The second-order valence-electron chi connectivity index (χ2n) is 2.76. The number of hydrogen-bond acceptors (Lipinski definition) is 5. The van der Waals surface area contributed by atoms with E-state index in [0.717, 1.165) is 16.0 Å². The Balaban J connectivity index is 2.82. The monoisotopic (exact) mass is 226 g/mol. The van der Waals surface area contributed by atoms with Crippen LogP contribution in [0.2, 0.25) is 0 Å². The van der Waals surface area contributed by atoms with Crippen LogP contribution in [0.3, 0.4) is 0 Å². The molecule has 0 aliphatic rings. The number of thiol groups is 1. The summed E-state index contributed by atoms with van der Waals surface area (Å²) in [5, 5.41) is 11.3. The zero-order chi connectivity index (χ0) is 10.3. The molecule has 0 spiro atoms. The minimum absolute atomic E-state index is 0.0909. The first kappa shape index (κ1) is 9.29. The number of fused-ring (bicyclic) bond motifs is 1. The molecule has 72 valence electrons. The lowest BCUT2D eigenvalue weighted by atomic mass is 10.2. The van der Waals surface area contributed by atoms with Crippen LogP contribution in [-0.4, -0.2) is 4.92 Å². The molecule has 0 aliphatic heterocycles. The summed E-state index contributed by atoms with van der Waals surface area (Å²) in [5.41, 5.74) is 6.23. The highest BCUT2D eigenvalue weighted by molar-refractivity contribution is 7.80. The van der Waals surface area contributed by atoms with Crippen molar-refractivity contribution in [3.63, 3.8) is 0 Å². The van der Waals surface area contributed by atoms with Gasteiger partial charge in [0.2, 0.25) is 0 Å². The lowest BCUT2D eigenvalue weighted by molar-refractivity contribution is -0.380. The molecule has 4 nitrogen and oxygen atoms in total. The fourth-order valence-electron chi connectivity index (χ4n) is 1.21. The number of nitrogens with two attached hydrogens (primary N) is 1. The van der Waals surface area contributed by atoms with E-state index in [1.165, 1.54) is 6.07 Å². The molecule has 0 atom stereocenters. The molecule has 0 saturated heterocycles. The number of benzene rings is 1. The summed E-state index contributed by atoms with van der Waals surface area (Å²) in [4.78, 5) is 10.8. The number of hydrogen-bond donors (Lipinski definition) is 2. The van der Waals surface area contributed by atoms with Gasteiger partial charge in [0.15, 0.2) is 0 Å². The summed E-state index contributed by atoms with van der Waals surface area (Å²) < 4.78 is 0.764. The van der Waals surface area contributed by atoms with Crippen molar-refractivity contribution in [2.45, 2.75) is 4.90 Å². The summed E-state index contributed by atoms with van der Waals surface area (Å²) in [6.07, 6.45) is 0. The average Bonchev–Trinajstić information content (AvgIpc) is 2.57. The molecule has 6 heteroatoms. The van der Waals surface area contributed by atoms with Gasteiger partial charge in [-0.3, -0.25) is 10.1 Å². The highest BCUT2D eigenvalue weighted by atomic mass is 32.1. The molecule has 0 unspecified atom stereocenters. The molecule has 1 heterocycles. The molecule has 0 aliphatic carbocycles. The molecule has 0 fully saturated rings. The number of rotatable bonds is 1. The van der Waals surface area contributed by atoms with Crippen molar-refractivity contribution < 1.29 is 4.92 Å². The third-order valence-corrected chi connectivity index (χ3v) is 3.51. The molecule has 0 bridgehead atoms. The van der Waals surface area contributed by atoms with Crippen LogP contribution in [0.4, 0.5) is 10.7 Å². The third kappa shape index (κ3) is 1.32. The predicted octanol–water partition coefficient (Wildman–Crippen LogP) is 2.68. The maximum absolute atomic E-state index is 10.5. The fourth-order valence-corrected chi connectivity index (χ4v) is 2.46. The van der Waals surface area contributed by atoms with E-state index >= 15 is 0 Å². The van der Waals surface area contributed by atoms with Gasteiger partial charge in [-0.05, 0) is 12.1 Å². The standard InChI is InChI=1S/C8H6N2O2S2/c9-5-1-2-6(13)8-4(5)3-7(14-8)10(11)12/h1-3,13H,9H2. The zero-order valence-electron chi connectivity index (χ0n) is 6.93. The molecule has 0 radical (unpaired) electrons. The van der Waals surface area contributed by atoms with E-state index in [9.17, 15) is 10.1 Å². The lowest BCUT2D eigenvalue weighted by Crippen LogP contribution is -1.84. The van der Waals surface area contributed by atoms with Gasteiger partial charge in [-0.15, -0.1) is 12.6 Å². The largest absolute Gasteiger partial charge is 0.398 e. The molecular formula is C8H6N2O2S2. The molecule has 14 heavy (non-hydrogen) atoms. The van der Waals surface area contributed by atoms with Gasteiger partial charge in [-0.2, -0.15) is 0 Å². The zero-order valence-corrected chi connectivity index (χ0v) is 8.64. The van der Waals surface area contributed by atoms with Crippen molar-refractivity contribution in [3.8, 4) is 0 Å². The quantitative estimate of drug-likeness (QED) is 0.340. The van der Waals surface area contributed by atoms with E-state index in [4.69, 9.17) is 5.73 Å². The first-order valence-electron chi connectivity index (χ1n) is 3.75. The van der Waals surface area contributed by atoms with E-state index in [1.807, 2.05) is 0 Å². The molecule has 2 rings (SSSR count). The van der Waals surface area contributed by atoms with Crippen LogP contribution >= 0.6 is 24.0 Å². The number of nitrogens with zero attached hydrogens (tertiary/aromatic N) is 1. The van der Waals surface area contributed by atoms with Gasteiger partial charge in [0.1, 0.15) is 0 Å². The maximum Gasteiger partial charge on any atom is 0.325 e. The van der Waals surface area contributed by atoms with Crippen molar-refractivity contribution in [1.29, 1.82) is 0 Å². The molecule has 2 N–H and O–H groups in total. The molecule has 1 aromatic carbocycles. The predicted molar refractivity (Wildman–Crippen MR) is 60.1 cm³/mol. The highest BCUT2D eigenvalue weighted by Gasteiger charge is 2.14. The Labute approximate surface area is 88.9 Å². The molecule has 2 aromatic rings. The van der Waals surface area contributed by atoms with Gasteiger partial charge < -0.3 is 5.73 Å². The van der Waals surface area contributed by atoms with Crippen molar-refractivity contribution in [2.75, 3.05) is 5.73 Å².